The third-order valence-electron chi connectivity index (χ3n) is 3.95. The van der Waals surface area contributed by atoms with Gasteiger partial charge in [0.1, 0.15) is 0 Å². The average molecular weight is 239 g/mol. The van der Waals surface area contributed by atoms with Crippen LogP contribution in [-0.4, -0.2) is 35.6 Å². The first-order chi connectivity index (χ1) is 7.82. The van der Waals surface area contributed by atoms with Crippen molar-refractivity contribution >= 4 is 5.97 Å². The molecule has 0 aromatic heterocycles. The Morgan fingerprint density at radius 3 is 2.41 bits per heavy atom. The molecule has 1 fully saturated rings. The summed E-state index contributed by atoms with van der Waals surface area (Å²) >= 11 is 0. The van der Waals surface area contributed by atoms with Crippen LogP contribution in [0.25, 0.3) is 0 Å². The van der Waals surface area contributed by atoms with Crippen molar-refractivity contribution in [3.05, 3.63) is 11.6 Å². The van der Waals surface area contributed by atoms with Gasteiger partial charge in [0, 0.05) is 18.2 Å². The van der Waals surface area contributed by atoms with Crippen molar-refractivity contribution in [3.63, 3.8) is 0 Å². The first-order valence-corrected chi connectivity index (χ1v) is 6.42. The molecule has 0 amide bonds. The van der Waals surface area contributed by atoms with E-state index in [-0.39, 0.29) is 0 Å². The fourth-order valence-electron chi connectivity index (χ4n) is 2.34. The summed E-state index contributed by atoms with van der Waals surface area (Å²) in [7, 11) is 2.09. The second-order valence-corrected chi connectivity index (χ2v) is 6.03. The van der Waals surface area contributed by atoms with Gasteiger partial charge in [-0.3, -0.25) is 4.90 Å². The molecule has 98 valence electrons. The van der Waals surface area contributed by atoms with Crippen molar-refractivity contribution in [2.75, 3.05) is 13.6 Å². The molecule has 1 aliphatic carbocycles. The fourth-order valence-corrected chi connectivity index (χ4v) is 2.34. The van der Waals surface area contributed by atoms with E-state index in [0.29, 0.717) is 17.0 Å². The standard InChI is InChI=1S/C14H25NO2/c1-11(13(16)17)7-10-15(4)12-5-8-14(2,3)9-6-12/h7,12H,5-6,8-10H2,1-4H3,(H,16,17). The zero-order chi connectivity index (χ0) is 13.1. The Morgan fingerprint density at radius 1 is 1.41 bits per heavy atom. The average Bonchev–Trinajstić information content (AvgIpc) is 2.25. The topological polar surface area (TPSA) is 40.5 Å². The van der Waals surface area contributed by atoms with Crippen LogP contribution in [0.3, 0.4) is 0 Å². The molecular weight excluding hydrogens is 214 g/mol. The molecule has 3 nitrogen and oxygen atoms in total. The van der Waals surface area contributed by atoms with Gasteiger partial charge in [-0.1, -0.05) is 19.9 Å². The van der Waals surface area contributed by atoms with Crippen molar-refractivity contribution < 1.29 is 9.90 Å². The lowest BCUT2D eigenvalue weighted by molar-refractivity contribution is -0.132. The molecule has 0 aromatic carbocycles. The number of aliphatic carboxylic acids is 1. The van der Waals surface area contributed by atoms with Crippen molar-refractivity contribution in [1.82, 2.24) is 4.90 Å². The molecule has 0 aliphatic heterocycles. The number of carboxylic acid groups (broad SMARTS) is 1. The summed E-state index contributed by atoms with van der Waals surface area (Å²) < 4.78 is 0. The Hall–Kier alpha value is -0.830. The molecule has 1 N–H and O–H groups in total. The van der Waals surface area contributed by atoms with E-state index in [1.54, 1.807) is 6.92 Å². The minimum absolute atomic E-state index is 0.438. The number of hydrogen-bond donors (Lipinski definition) is 1. The number of hydrogen-bond acceptors (Lipinski definition) is 2. The highest BCUT2D eigenvalue weighted by Gasteiger charge is 2.28. The lowest BCUT2D eigenvalue weighted by atomic mass is 9.75. The van der Waals surface area contributed by atoms with Gasteiger partial charge in [0.15, 0.2) is 0 Å². The predicted molar refractivity (Wildman–Crippen MR) is 70.1 cm³/mol. The van der Waals surface area contributed by atoms with Crippen LogP contribution in [0.5, 0.6) is 0 Å². The monoisotopic (exact) mass is 239 g/mol. The van der Waals surface area contributed by atoms with Crippen LogP contribution < -0.4 is 0 Å². The van der Waals surface area contributed by atoms with Crippen molar-refractivity contribution in [3.8, 4) is 0 Å². The van der Waals surface area contributed by atoms with Gasteiger partial charge in [-0.25, -0.2) is 4.79 Å². The smallest absolute Gasteiger partial charge is 0.330 e. The number of nitrogens with zero attached hydrogens (tertiary/aromatic N) is 1. The number of carbonyl (C=O) groups is 1. The Balaban J connectivity index is 2.42. The number of rotatable bonds is 4. The van der Waals surface area contributed by atoms with E-state index in [2.05, 4.69) is 25.8 Å². The minimum Gasteiger partial charge on any atom is -0.478 e. The molecule has 0 heterocycles. The van der Waals surface area contributed by atoms with Gasteiger partial charge < -0.3 is 5.11 Å². The van der Waals surface area contributed by atoms with Crippen LogP contribution in [0.15, 0.2) is 11.6 Å². The molecule has 17 heavy (non-hydrogen) atoms. The molecule has 0 saturated heterocycles. The van der Waals surface area contributed by atoms with Gasteiger partial charge in [0.2, 0.25) is 0 Å². The highest BCUT2D eigenvalue weighted by Crippen LogP contribution is 2.36. The summed E-state index contributed by atoms with van der Waals surface area (Å²) in [6, 6.07) is 0.612. The van der Waals surface area contributed by atoms with Gasteiger partial charge >= 0.3 is 5.97 Å². The van der Waals surface area contributed by atoms with E-state index in [0.717, 1.165) is 6.54 Å². The Kier molecular flexibility index (Phi) is 4.75. The summed E-state index contributed by atoms with van der Waals surface area (Å²) in [5.41, 5.74) is 0.928. The molecule has 0 unspecified atom stereocenters. The van der Waals surface area contributed by atoms with Gasteiger partial charge in [-0.2, -0.15) is 0 Å². The maximum atomic E-state index is 10.7. The predicted octanol–water partition coefficient (Wildman–Crippen LogP) is 2.92. The first kappa shape index (κ1) is 14.2. The molecule has 0 atom stereocenters. The molecular formula is C14H25NO2. The van der Waals surface area contributed by atoms with Crippen LogP contribution in [0, 0.1) is 5.41 Å². The van der Waals surface area contributed by atoms with Crippen LogP contribution in [-0.2, 0) is 4.79 Å². The molecule has 3 heteroatoms. The second kappa shape index (κ2) is 5.67. The number of likely N-dealkylation sites (N-methyl/N-ethyl adjacent to an activating group) is 1. The summed E-state index contributed by atoms with van der Waals surface area (Å²) in [5, 5.41) is 8.79. The Bertz CT molecular complexity index is 297. The first-order valence-electron chi connectivity index (χ1n) is 6.42. The lowest BCUT2D eigenvalue weighted by Gasteiger charge is -2.38. The van der Waals surface area contributed by atoms with E-state index in [9.17, 15) is 4.79 Å². The molecule has 1 saturated carbocycles. The molecule has 0 spiro atoms. The van der Waals surface area contributed by atoms with Crippen LogP contribution in [0.4, 0.5) is 0 Å². The van der Waals surface area contributed by atoms with E-state index < -0.39 is 5.97 Å². The Labute approximate surface area is 105 Å². The summed E-state index contributed by atoms with van der Waals surface area (Å²) in [6.45, 7) is 7.05. The maximum absolute atomic E-state index is 10.7. The zero-order valence-corrected chi connectivity index (χ0v) is 11.5. The summed E-state index contributed by atoms with van der Waals surface area (Å²) in [5.74, 6) is -0.817. The molecule has 1 rings (SSSR count). The van der Waals surface area contributed by atoms with E-state index in [4.69, 9.17) is 5.11 Å². The van der Waals surface area contributed by atoms with Crippen molar-refractivity contribution in [2.24, 2.45) is 5.41 Å². The van der Waals surface area contributed by atoms with E-state index in [1.807, 2.05) is 6.08 Å². The maximum Gasteiger partial charge on any atom is 0.330 e. The quantitative estimate of drug-likeness (QED) is 0.767. The summed E-state index contributed by atoms with van der Waals surface area (Å²) in [4.78, 5) is 13.0. The molecule has 0 radical (unpaired) electrons. The SMILES string of the molecule is CC(=CCN(C)C1CCC(C)(C)CC1)C(=O)O. The normalized spacial score (nSPS) is 21.8. The zero-order valence-electron chi connectivity index (χ0n) is 11.5. The summed E-state index contributed by atoms with van der Waals surface area (Å²) in [6.07, 6.45) is 6.79. The molecule has 0 bridgehead atoms. The van der Waals surface area contributed by atoms with Gasteiger partial charge in [0.25, 0.3) is 0 Å². The Morgan fingerprint density at radius 2 is 1.94 bits per heavy atom. The molecule has 1 aliphatic rings. The third kappa shape index (κ3) is 4.50. The second-order valence-electron chi connectivity index (χ2n) is 6.03. The van der Waals surface area contributed by atoms with E-state index >= 15 is 0 Å². The largest absolute Gasteiger partial charge is 0.478 e. The van der Waals surface area contributed by atoms with Gasteiger partial charge in [0.05, 0.1) is 0 Å². The van der Waals surface area contributed by atoms with Gasteiger partial charge in [-0.15, -0.1) is 0 Å². The highest BCUT2D eigenvalue weighted by atomic mass is 16.4. The minimum atomic E-state index is -0.817. The molecule has 0 aromatic rings. The van der Waals surface area contributed by atoms with Crippen LogP contribution >= 0.6 is 0 Å². The van der Waals surface area contributed by atoms with E-state index in [1.165, 1.54) is 25.7 Å². The van der Waals surface area contributed by atoms with Crippen LogP contribution in [0.2, 0.25) is 0 Å². The highest BCUT2D eigenvalue weighted by molar-refractivity contribution is 5.85. The fraction of sp³-hybridized carbons (Fsp3) is 0.786. The lowest BCUT2D eigenvalue weighted by Crippen LogP contribution is -2.37. The number of carboxylic acids is 1. The van der Waals surface area contributed by atoms with Crippen molar-refractivity contribution in [2.45, 2.75) is 52.5 Å². The van der Waals surface area contributed by atoms with Crippen molar-refractivity contribution in [1.29, 1.82) is 0 Å². The third-order valence-corrected chi connectivity index (χ3v) is 3.95. The van der Waals surface area contributed by atoms with Gasteiger partial charge in [-0.05, 0) is 45.1 Å². The van der Waals surface area contributed by atoms with Crippen LogP contribution in [0.1, 0.15) is 46.5 Å².